The second-order valence-electron chi connectivity index (χ2n) is 35.5. The van der Waals surface area contributed by atoms with Crippen molar-refractivity contribution < 1.29 is 23.4 Å². The summed E-state index contributed by atoms with van der Waals surface area (Å²) in [6.45, 7) is 64.4. The van der Waals surface area contributed by atoms with Crippen LogP contribution in [0.3, 0.4) is 0 Å². The van der Waals surface area contributed by atoms with Gasteiger partial charge in [0.15, 0.2) is 0 Å². The lowest BCUT2D eigenvalue weighted by atomic mass is 9.99. The second kappa shape index (κ2) is 59.3. The molecule has 8 heteroatoms. The van der Waals surface area contributed by atoms with Crippen LogP contribution in [0.2, 0.25) is 0 Å². The highest BCUT2D eigenvalue weighted by molar-refractivity contribution is 5.48. The molecule has 666 valence electrons. The molecule has 12 rings (SSSR count). The predicted octanol–water partition coefficient (Wildman–Crippen LogP) is 34.7. The Morgan fingerprint density at radius 3 is 0.764 bits per heavy atom. The lowest BCUT2D eigenvalue weighted by Gasteiger charge is -2.10. The second-order valence-corrected chi connectivity index (χ2v) is 35.5. The van der Waals surface area contributed by atoms with Crippen molar-refractivity contribution in [1.82, 2.24) is 0 Å². The van der Waals surface area contributed by atoms with Crippen molar-refractivity contribution in [2.45, 2.75) is 285 Å². The van der Waals surface area contributed by atoms with Crippen molar-refractivity contribution in [3.63, 3.8) is 0 Å². The summed E-state index contributed by atoms with van der Waals surface area (Å²) in [6, 6.07) is 96.2. The normalized spacial score (nSPS) is 10.5. The van der Waals surface area contributed by atoms with Gasteiger partial charge in [0.25, 0.3) is 0 Å². The quantitative estimate of drug-likeness (QED) is 0.0781. The summed E-state index contributed by atoms with van der Waals surface area (Å²) in [5, 5.41) is 18.3. The van der Waals surface area contributed by atoms with E-state index in [2.05, 4.69) is 364 Å². The molecule has 5 nitrogen and oxygen atoms in total. The first-order chi connectivity index (χ1) is 57.7. The van der Waals surface area contributed by atoms with Crippen LogP contribution in [0.5, 0.6) is 11.5 Å². The number of alkyl halides is 3. The Bertz CT molecular complexity index is 4240. The summed E-state index contributed by atoms with van der Waals surface area (Å²) in [4.78, 5) is 0. The highest BCUT2D eigenvalue weighted by atomic mass is 19.4. The number of halogens is 3. The van der Waals surface area contributed by atoms with Crippen LogP contribution in [-0.2, 0) is 6.18 Å². The third kappa shape index (κ3) is 47.6. The minimum absolute atomic E-state index is 0.127. The van der Waals surface area contributed by atoms with Crippen LogP contribution in [0.4, 0.5) is 30.2 Å². The molecule has 0 saturated carbocycles. The summed E-state index contributed by atoms with van der Waals surface area (Å²) in [7, 11) is 0. The van der Waals surface area contributed by atoms with E-state index in [0.29, 0.717) is 76.6 Å². The van der Waals surface area contributed by atoms with E-state index in [1.165, 1.54) is 101 Å². The molecular formula is C115H158F3N3O2. The molecule has 0 radical (unpaired) electrons. The maximum Gasteiger partial charge on any atom is 0.416 e. The zero-order valence-corrected chi connectivity index (χ0v) is 80.9. The number of hydrogen-bond acceptors (Lipinski definition) is 5. The van der Waals surface area contributed by atoms with Gasteiger partial charge < -0.3 is 27.4 Å². The van der Waals surface area contributed by atoms with E-state index in [-0.39, 0.29) is 5.92 Å². The third-order valence-corrected chi connectivity index (χ3v) is 20.3. The number of nitrogen functional groups attached to an aromatic ring is 3. The lowest BCUT2D eigenvalue weighted by molar-refractivity contribution is -0.137. The van der Waals surface area contributed by atoms with Crippen LogP contribution in [0.1, 0.15) is 343 Å². The zero-order valence-electron chi connectivity index (χ0n) is 80.9. The number of nitrogens with two attached hydrogens (primary N) is 3. The van der Waals surface area contributed by atoms with Crippen molar-refractivity contribution in [1.29, 1.82) is 0 Å². The Labute approximate surface area is 746 Å². The smallest absolute Gasteiger partial charge is 0.416 e. The van der Waals surface area contributed by atoms with Crippen LogP contribution in [0.15, 0.2) is 291 Å². The van der Waals surface area contributed by atoms with Gasteiger partial charge in [-0.1, -0.05) is 425 Å². The van der Waals surface area contributed by atoms with E-state index in [9.17, 15) is 18.3 Å². The number of anilines is 3. The Hall–Kier alpha value is -10.6. The number of hydrogen-bond donors (Lipinski definition) is 5. The van der Waals surface area contributed by atoms with Gasteiger partial charge >= 0.3 is 6.18 Å². The molecule has 0 unspecified atom stereocenters. The van der Waals surface area contributed by atoms with Gasteiger partial charge in [0.2, 0.25) is 0 Å². The molecule has 0 aliphatic rings. The Balaban J connectivity index is 0.000000671. The van der Waals surface area contributed by atoms with Gasteiger partial charge in [-0.15, -0.1) is 0 Å². The number of phenols is 2. The summed E-state index contributed by atoms with van der Waals surface area (Å²) >= 11 is 0. The monoisotopic (exact) mass is 1670 g/mol. The largest absolute Gasteiger partial charge is 0.508 e. The van der Waals surface area contributed by atoms with Gasteiger partial charge in [0.1, 0.15) is 11.5 Å². The molecule has 12 aromatic carbocycles. The molecule has 0 amide bonds. The summed E-state index contributed by atoms with van der Waals surface area (Å²) in [6.07, 6.45) is -4.23. The van der Waals surface area contributed by atoms with Crippen molar-refractivity contribution in [3.8, 4) is 11.5 Å². The molecule has 0 atom stereocenters. The van der Waals surface area contributed by atoms with E-state index in [0.717, 1.165) is 34.3 Å². The van der Waals surface area contributed by atoms with E-state index in [1.54, 1.807) is 24.3 Å². The molecule has 0 spiro atoms. The fourth-order valence-corrected chi connectivity index (χ4v) is 12.1. The van der Waals surface area contributed by atoms with Gasteiger partial charge in [-0.25, -0.2) is 0 Å². The minimum Gasteiger partial charge on any atom is -0.508 e. The average Bonchev–Trinajstić information content (AvgIpc) is 0.838. The number of benzene rings is 12. The molecule has 0 aliphatic carbocycles. The molecule has 0 aliphatic heterocycles. The number of phenolic OH excluding ortho intramolecular Hbond substituents is 2. The molecule has 8 N–H and O–H groups in total. The van der Waals surface area contributed by atoms with Gasteiger partial charge in [-0.2, -0.15) is 13.2 Å². The van der Waals surface area contributed by atoms with E-state index in [4.69, 9.17) is 22.3 Å². The molecule has 0 aromatic heterocycles. The van der Waals surface area contributed by atoms with Gasteiger partial charge in [0, 0.05) is 17.1 Å². The van der Waals surface area contributed by atoms with Crippen LogP contribution in [-0.4, -0.2) is 10.2 Å². The van der Waals surface area contributed by atoms with E-state index in [1.807, 2.05) is 92.7 Å². The number of aryl methyl sites for hydroxylation is 6. The first kappa shape index (κ1) is 110. The third-order valence-electron chi connectivity index (χ3n) is 20.3. The fourth-order valence-electron chi connectivity index (χ4n) is 12.1. The van der Waals surface area contributed by atoms with Crippen molar-refractivity contribution in [2.24, 2.45) is 0 Å². The highest BCUT2D eigenvalue weighted by Crippen LogP contribution is 2.32. The first-order valence-corrected chi connectivity index (χ1v) is 44.3. The molecule has 12 aromatic rings. The number of rotatable bonds is 12. The van der Waals surface area contributed by atoms with Crippen LogP contribution in [0, 0.1) is 41.5 Å². The van der Waals surface area contributed by atoms with E-state index < -0.39 is 11.7 Å². The van der Waals surface area contributed by atoms with Crippen LogP contribution < -0.4 is 17.2 Å². The maximum atomic E-state index is 12.2. The highest BCUT2D eigenvalue weighted by Gasteiger charge is 2.30. The number of aromatic hydroxyl groups is 2. The molecule has 0 heterocycles. The van der Waals surface area contributed by atoms with E-state index >= 15 is 0 Å². The fraction of sp³-hybridized carbons (Fsp3) is 0.374. The first-order valence-electron chi connectivity index (χ1n) is 44.3. The Morgan fingerprint density at radius 1 is 0.220 bits per heavy atom. The standard InChI is InChI=1S/C10H11F3.6C10H14.3C9H13N.2C9H12O/c1-7(2)8-4-3-5-9(6-8)10(11,12)13;3*1-8(2)10-6-4-9(3)5-7-10;1-8(2)10-6-4-5-9(3)7-10;2*1-8(2)10-7-5-4-6-9(10)3;1-7(2)8-3-5-9(10)6-4-8;1-7(2)8-4-3-5-9(10)6-8;1-7(2)8-5-3-4-6-9(8)10;1-7(2)8-4-3-5-9(10)6-8;1-7(2)8-5-3-4-6-9(8)10/h3-7H,1-2H3;6*4-8H,1-3H3;3*3-7H,10H2,1-2H3;2*3-7,10H,1-2H3. The molecular weight excluding hydrogens is 1510 g/mol. The van der Waals surface area contributed by atoms with Crippen molar-refractivity contribution in [3.05, 3.63) is 397 Å². The Morgan fingerprint density at radius 2 is 0.504 bits per heavy atom. The SMILES string of the molecule is CC(C)c1ccc(N)cc1.CC(C)c1cccc(C(F)(F)F)c1.CC(C)c1cccc(N)c1.CC(C)c1cccc(O)c1.CC(C)c1ccccc1N.CC(C)c1ccccc1O.Cc1ccc(C(C)C)cc1.Cc1ccc(C(C)C)cc1.Cc1ccc(C(C)C)cc1.Cc1cccc(C(C)C)c1.Cc1ccccc1C(C)C.Cc1ccccc1C(C)C. The minimum atomic E-state index is -4.23. The Kier molecular flexibility index (Phi) is 53.2. The van der Waals surface area contributed by atoms with Crippen molar-refractivity contribution >= 4 is 17.1 Å². The zero-order chi connectivity index (χ0) is 93.2. The molecule has 0 fully saturated rings. The van der Waals surface area contributed by atoms with Gasteiger partial charge in [0.05, 0.1) is 5.56 Å². The van der Waals surface area contributed by atoms with Crippen molar-refractivity contribution in [2.75, 3.05) is 17.2 Å². The average molecular weight is 1670 g/mol. The van der Waals surface area contributed by atoms with Crippen LogP contribution >= 0.6 is 0 Å². The topological polar surface area (TPSA) is 119 Å². The summed E-state index contributed by atoms with van der Waals surface area (Å²) in [5.74, 6) is 7.40. The maximum absolute atomic E-state index is 12.2. The summed E-state index contributed by atoms with van der Waals surface area (Å²) in [5.41, 5.74) is 42.4. The predicted molar refractivity (Wildman–Crippen MR) is 536 cm³/mol. The lowest BCUT2D eigenvalue weighted by Crippen LogP contribution is -2.05. The van der Waals surface area contributed by atoms with Gasteiger partial charge in [-0.05, 0) is 245 Å². The molecule has 0 bridgehead atoms. The summed E-state index contributed by atoms with van der Waals surface area (Å²) < 4.78 is 36.7. The van der Waals surface area contributed by atoms with Gasteiger partial charge in [-0.3, -0.25) is 0 Å². The molecule has 123 heavy (non-hydrogen) atoms. The number of para-hydroxylation sites is 2. The molecule has 0 saturated heterocycles. The van der Waals surface area contributed by atoms with Crippen LogP contribution in [0.25, 0.3) is 0 Å².